The van der Waals surface area contributed by atoms with Crippen LogP contribution < -0.4 is 4.90 Å². The van der Waals surface area contributed by atoms with Crippen molar-refractivity contribution in [1.82, 2.24) is 9.55 Å². The first-order valence-corrected chi connectivity index (χ1v) is 7.15. The van der Waals surface area contributed by atoms with Crippen LogP contribution in [0, 0.1) is 0 Å². The van der Waals surface area contributed by atoms with Crippen molar-refractivity contribution in [1.29, 1.82) is 0 Å². The lowest BCUT2D eigenvalue weighted by Gasteiger charge is -2.30. The molecule has 0 saturated heterocycles. The van der Waals surface area contributed by atoms with Crippen LogP contribution in [0.5, 0.6) is 0 Å². The smallest absolute Gasteiger partial charge is 0.166 e. The van der Waals surface area contributed by atoms with Gasteiger partial charge in [-0.05, 0) is 18.6 Å². The van der Waals surface area contributed by atoms with Crippen molar-refractivity contribution in [2.75, 3.05) is 11.4 Å². The lowest BCUT2D eigenvalue weighted by molar-refractivity contribution is 0.0979. The number of hydrogen-bond donors (Lipinski definition) is 0. The highest BCUT2D eigenvalue weighted by Gasteiger charge is 2.23. The van der Waals surface area contributed by atoms with Gasteiger partial charge < -0.3 is 9.47 Å². The molecule has 0 atom stereocenters. The average Bonchev–Trinajstić information content (AvgIpc) is 2.90. The van der Waals surface area contributed by atoms with Gasteiger partial charge >= 0.3 is 0 Å². The zero-order valence-electron chi connectivity index (χ0n) is 11.7. The molecule has 0 N–H and O–H groups in total. The van der Waals surface area contributed by atoms with Gasteiger partial charge in [-0.15, -0.1) is 0 Å². The number of para-hydroxylation sites is 1. The third kappa shape index (κ3) is 2.33. The van der Waals surface area contributed by atoms with Crippen molar-refractivity contribution in [2.24, 2.45) is 0 Å². The molecule has 2 aromatic rings. The Balaban J connectivity index is 1.87. The summed E-state index contributed by atoms with van der Waals surface area (Å²) in [6.45, 7) is 4.75. The second-order valence-corrected chi connectivity index (χ2v) is 5.19. The van der Waals surface area contributed by atoms with Crippen molar-refractivity contribution in [3.63, 3.8) is 0 Å². The number of imidazole rings is 1. The van der Waals surface area contributed by atoms with Gasteiger partial charge in [0.2, 0.25) is 0 Å². The molecule has 1 aromatic heterocycles. The number of carbonyl (C=O) groups is 1. The molecule has 2 heterocycles. The molecule has 0 saturated carbocycles. The van der Waals surface area contributed by atoms with Gasteiger partial charge in [0.1, 0.15) is 0 Å². The molecule has 1 aliphatic heterocycles. The Morgan fingerprint density at radius 3 is 3.00 bits per heavy atom. The van der Waals surface area contributed by atoms with E-state index in [1.54, 1.807) is 0 Å². The summed E-state index contributed by atoms with van der Waals surface area (Å²) in [5.41, 5.74) is 3.10. The predicted molar refractivity (Wildman–Crippen MR) is 79.0 cm³/mol. The second kappa shape index (κ2) is 5.49. The number of rotatable bonds is 4. The van der Waals surface area contributed by atoms with Crippen molar-refractivity contribution < 1.29 is 4.79 Å². The monoisotopic (exact) mass is 269 g/mol. The van der Waals surface area contributed by atoms with Gasteiger partial charge in [-0.2, -0.15) is 0 Å². The van der Waals surface area contributed by atoms with E-state index in [9.17, 15) is 4.79 Å². The minimum absolute atomic E-state index is 0.249. The summed E-state index contributed by atoms with van der Waals surface area (Å²) in [5.74, 6) is 0.249. The van der Waals surface area contributed by atoms with Gasteiger partial charge in [-0.3, -0.25) is 4.79 Å². The summed E-state index contributed by atoms with van der Waals surface area (Å²) in [5, 5.41) is 0. The van der Waals surface area contributed by atoms with Crippen LogP contribution in [0.2, 0.25) is 0 Å². The molecular formula is C16H19N3O. The fourth-order valence-electron chi connectivity index (χ4n) is 2.76. The Bertz CT molecular complexity index is 618. The summed E-state index contributed by atoms with van der Waals surface area (Å²) in [6.07, 6.45) is 5.51. The molecule has 0 radical (unpaired) electrons. The molecule has 0 aliphatic carbocycles. The number of aromatic nitrogens is 2. The number of hydrogen-bond acceptors (Lipinski definition) is 3. The van der Waals surface area contributed by atoms with E-state index in [1.165, 1.54) is 5.69 Å². The van der Waals surface area contributed by atoms with Crippen molar-refractivity contribution in [3.05, 3.63) is 48.0 Å². The van der Waals surface area contributed by atoms with Crippen LogP contribution in [0.25, 0.3) is 0 Å². The van der Waals surface area contributed by atoms with Crippen LogP contribution in [0.3, 0.4) is 0 Å². The number of carbonyl (C=O) groups excluding carboxylic acids is 1. The predicted octanol–water partition coefficient (Wildman–Crippen LogP) is 2.89. The number of benzene rings is 1. The topological polar surface area (TPSA) is 38.1 Å². The van der Waals surface area contributed by atoms with Crippen LogP contribution in [0.1, 0.15) is 35.8 Å². The van der Waals surface area contributed by atoms with Gasteiger partial charge in [0.25, 0.3) is 0 Å². The third-order valence-corrected chi connectivity index (χ3v) is 3.77. The van der Waals surface area contributed by atoms with Gasteiger partial charge in [0, 0.05) is 37.0 Å². The Morgan fingerprint density at radius 1 is 1.30 bits per heavy atom. The normalized spacial score (nSPS) is 14.4. The summed E-state index contributed by atoms with van der Waals surface area (Å²) >= 11 is 0. The van der Waals surface area contributed by atoms with E-state index in [0.29, 0.717) is 6.42 Å². The van der Waals surface area contributed by atoms with E-state index >= 15 is 0 Å². The van der Waals surface area contributed by atoms with Gasteiger partial charge in [0.15, 0.2) is 5.78 Å². The Kier molecular flexibility index (Phi) is 3.54. The lowest BCUT2D eigenvalue weighted by atomic mass is 10.0. The number of aryl methyl sites for hydroxylation is 1. The van der Waals surface area contributed by atoms with Crippen molar-refractivity contribution in [2.45, 2.75) is 32.9 Å². The Hall–Kier alpha value is -2.10. The molecule has 0 spiro atoms. The minimum Gasteiger partial charge on any atom is -0.365 e. The van der Waals surface area contributed by atoms with E-state index in [4.69, 9.17) is 0 Å². The highest BCUT2D eigenvalue weighted by Crippen LogP contribution is 2.28. The maximum Gasteiger partial charge on any atom is 0.166 e. The van der Waals surface area contributed by atoms with E-state index in [1.807, 2.05) is 36.8 Å². The molecule has 20 heavy (non-hydrogen) atoms. The first-order chi connectivity index (χ1) is 9.79. The number of fused-ring (bicyclic) bond motifs is 1. The molecule has 4 nitrogen and oxygen atoms in total. The Morgan fingerprint density at radius 2 is 2.15 bits per heavy atom. The summed E-state index contributed by atoms with van der Waals surface area (Å²) < 4.78 is 2.19. The highest BCUT2D eigenvalue weighted by atomic mass is 16.1. The first-order valence-electron chi connectivity index (χ1n) is 7.15. The van der Waals surface area contributed by atoms with Crippen LogP contribution in [0.4, 0.5) is 5.69 Å². The van der Waals surface area contributed by atoms with Crippen LogP contribution >= 0.6 is 0 Å². The molecule has 1 aromatic carbocycles. The van der Waals surface area contributed by atoms with Crippen LogP contribution in [-0.4, -0.2) is 21.9 Å². The van der Waals surface area contributed by atoms with Gasteiger partial charge in [-0.25, -0.2) is 4.98 Å². The second-order valence-electron chi connectivity index (χ2n) is 5.19. The SMILES string of the molecule is CCCn1cncc1CN1CCC(=O)c2ccccc21. The van der Waals surface area contributed by atoms with E-state index in [0.717, 1.165) is 37.3 Å². The fourth-order valence-corrected chi connectivity index (χ4v) is 2.76. The summed E-state index contributed by atoms with van der Waals surface area (Å²) in [7, 11) is 0. The van der Waals surface area contributed by atoms with Crippen LogP contribution in [0.15, 0.2) is 36.8 Å². The van der Waals surface area contributed by atoms with Crippen molar-refractivity contribution >= 4 is 11.5 Å². The fraction of sp³-hybridized carbons (Fsp3) is 0.375. The molecule has 4 heteroatoms. The molecule has 1 aliphatic rings. The standard InChI is InChI=1S/C16H19N3O/c1-2-8-19-12-17-10-13(19)11-18-9-7-16(20)14-5-3-4-6-15(14)18/h3-6,10,12H,2,7-9,11H2,1H3. The summed E-state index contributed by atoms with van der Waals surface area (Å²) in [4.78, 5) is 18.5. The highest BCUT2D eigenvalue weighted by molar-refractivity contribution is 6.03. The minimum atomic E-state index is 0.249. The molecular weight excluding hydrogens is 250 g/mol. The maximum atomic E-state index is 12.0. The number of nitrogens with zero attached hydrogens (tertiary/aromatic N) is 3. The maximum absolute atomic E-state index is 12.0. The zero-order valence-corrected chi connectivity index (χ0v) is 11.7. The quantitative estimate of drug-likeness (QED) is 0.856. The van der Waals surface area contributed by atoms with E-state index < -0.39 is 0 Å². The van der Waals surface area contributed by atoms with Gasteiger partial charge in [-0.1, -0.05) is 19.1 Å². The van der Waals surface area contributed by atoms with Crippen molar-refractivity contribution in [3.8, 4) is 0 Å². The number of anilines is 1. The van der Waals surface area contributed by atoms with Gasteiger partial charge in [0.05, 0.1) is 18.6 Å². The van der Waals surface area contributed by atoms with E-state index in [-0.39, 0.29) is 5.78 Å². The first kappa shape index (κ1) is 12.9. The van der Waals surface area contributed by atoms with E-state index in [2.05, 4.69) is 21.4 Å². The largest absolute Gasteiger partial charge is 0.365 e. The molecule has 0 bridgehead atoms. The number of Topliss-reactive ketones (excluding diaryl/α,β-unsaturated/α-hetero) is 1. The Labute approximate surface area is 119 Å². The molecule has 0 unspecified atom stereocenters. The molecule has 0 amide bonds. The zero-order chi connectivity index (χ0) is 13.9. The molecule has 3 rings (SSSR count). The third-order valence-electron chi connectivity index (χ3n) is 3.77. The van der Waals surface area contributed by atoms with Crippen LogP contribution in [-0.2, 0) is 13.1 Å². The lowest BCUT2D eigenvalue weighted by Crippen LogP contribution is -2.32. The number of ketones is 1. The molecule has 0 fully saturated rings. The average molecular weight is 269 g/mol. The summed E-state index contributed by atoms with van der Waals surface area (Å²) in [6, 6.07) is 7.88. The molecule has 104 valence electrons.